The van der Waals surface area contributed by atoms with Gasteiger partial charge >= 0.3 is 5.97 Å². The summed E-state index contributed by atoms with van der Waals surface area (Å²) < 4.78 is 5.42. The number of hydrogen-bond acceptors (Lipinski definition) is 3. The summed E-state index contributed by atoms with van der Waals surface area (Å²) in [6, 6.07) is 13.7. The van der Waals surface area contributed by atoms with Gasteiger partial charge in [0.25, 0.3) is 0 Å². The van der Waals surface area contributed by atoms with Crippen molar-refractivity contribution in [2.45, 2.75) is 24.9 Å². The van der Waals surface area contributed by atoms with Crippen LogP contribution >= 0.6 is 0 Å². The lowest BCUT2D eigenvalue weighted by Crippen LogP contribution is -2.54. The molecule has 3 rings (SSSR count). The van der Waals surface area contributed by atoms with Crippen molar-refractivity contribution in [2.24, 2.45) is 0 Å². The van der Waals surface area contributed by atoms with E-state index >= 15 is 0 Å². The summed E-state index contributed by atoms with van der Waals surface area (Å²) in [5.74, 6) is -0.136. The highest BCUT2D eigenvalue weighted by atomic mass is 16.6. The van der Waals surface area contributed by atoms with Crippen molar-refractivity contribution in [1.29, 1.82) is 0 Å². The van der Waals surface area contributed by atoms with Crippen LogP contribution in [0.5, 0.6) is 0 Å². The van der Waals surface area contributed by atoms with Crippen molar-refractivity contribution in [1.82, 2.24) is 4.98 Å². The molecule has 96 valence electrons. The number of nitrogens with zero attached hydrogens (tertiary/aromatic N) is 1. The summed E-state index contributed by atoms with van der Waals surface area (Å²) in [5.41, 5.74) is 1.47. The monoisotopic (exact) mass is 253 g/mol. The first-order valence-electron chi connectivity index (χ1n) is 6.45. The molecule has 0 bridgehead atoms. The molecule has 1 saturated heterocycles. The van der Waals surface area contributed by atoms with Gasteiger partial charge in [-0.05, 0) is 29.7 Å². The maximum Gasteiger partial charge on any atom is 0.321 e. The molecule has 3 heteroatoms. The third kappa shape index (κ3) is 1.65. The summed E-state index contributed by atoms with van der Waals surface area (Å²) >= 11 is 0. The lowest BCUT2D eigenvalue weighted by Gasteiger charge is -2.47. The second kappa shape index (κ2) is 4.50. The summed E-state index contributed by atoms with van der Waals surface area (Å²) in [6.07, 6.45) is 3.97. The zero-order chi connectivity index (χ0) is 13.3. The average Bonchev–Trinajstić information content (AvgIpc) is 2.48. The Hall–Kier alpha value is -2.16. The molecule has 1 aromatic carbocycles. The highest BCUT2D eigenvalue weighted by molar-refractivity contribution is 5.90. The number of carbonyl (C=O) groups excluding carboxylic acids is 1. The van der Waals surface area contributed by atoms with E-state index in [0.29, 0.717) is 0 Å². The van der Waals surface area contributed by atoms with Crippen molar-refractivity contribution >= 4 is 5.97 Å². The molecule has 2 atom stereocenters. The van der Waals surface area contributed by atoms with Crippen molar-refractivity contribution in [3.05, 3.63) is 66.0 Å². The molecule has 0 amide bonds. The van der Waals surface area contributed by atoms with E-state index in [1.54, 1.807) is 12.4 Å². The van der Waals surface area contributed by atoms with Crippen LogP contribution in [0.4, 0.5) is 0 Å². The quantitative estimate of drug-likeness (QED) is 0.789. The number of esters is 1. The molecule has 1 fully saturated rings. The minimum Gasteiger partial charge on any atom is -0.455 e. The average molecular weight is 253 g/mol. The van der Waals surface area contributed by atoms with Gasteiger partial charge in [0.1, 0.15) is 11.5 Å². The maximum atomic E-state index is 12.1. The van der Waals surface area contributed by atoms with Crippen LogP contribution in [-0.4, -0.2) is 11.0 Å². The van der Waals surface area contributed by atoms with Gasteiger partial charge in [-0.25, -0.2) is 0 Å². The Morgan fingerprint density at radius 1 is 1.16 bits per heavy atom. The highest BCUT2D eigenvalue weighted by Crippen LogP contribution is 2.51. The fourth-order valence-electron chi connectivity index (χ4n) is 2.79. The van der Waals surface area contributed by atoms with Crippen LogP contribution in [0.1, 0.15) is 30.6 Å². The molecule has 1 aliphatic rings. The van der Waals surface area contributed by atoms with Gasteiger partial charge in [0.2, 0.25) is 0 Å². The van der Waals surface area contributed by atoms with E-state index in [0.717, 1.165) is 17.5 Å². The predicted molar refractivity (Wildman–Crippen MR) is 71.5 cm³/mol. The molecule has 1 aromatic heterocycles. The molecule has 0 radical (unpaired) electrons. The number of pyridine rings is 1. The van der Waals surface area contributed by atoms with E-state index in [-0.39, 0.29) is 12.1 Å². The first-order valence-corrected chi connectivity index (χ1v) is 6.45. The van der Waals surface area contributed by atoms with Crippen LogP contribution in [0.15, 0.2) is 54.9 Å². The lowest BCUT2D eigenvalue weighted by atomic mass is 9.67. The van der Waals surface area contributed by atoms with E-state index in [4.69, 9.17) is 4.74 Å². The number of benzene rings is 1. The maximum absolute atomic E-state index is 12.1. The van der Waals surface area contributed by atoms with Gasteiger partial charge < -0.3 is 4.74 Å². The second-order valence-electron chi connectivity index (χ2n) is 4.76. The van der Waals surface area contributed by atoms with Crippen LogP contribution in [0.2, 0.25) is 0 Å². The third-order valence-corrected chi connectivity index (χ3v) is 3.89. The number of rotatable bonds is 3. The largest absolute Gasteiger partial charge is 0.455 e. The predicted octanol–water partition coefficient (Wildman–Crippen LogP) is 3.03. The van der Waals surface area contributed by atoms with E-state index in [9.17, 15) is 4.79 Å². The Labute approximate surface area is 112 Å². The standard InChI is InChI=1S/C16H15NO2/c1-2-16(13-6-4-3-5-7-13)14(19-15(16)18)12-8-10-17-11-9-12/h3-11,14H,2H2,1H3/t14-,16-/m0/s1. The van der Waals surface area contributed by atoms with E-state index < -0.39 is 5.41 Å². The molecule has 0 unspecified atom stereocenters. The fourth-order valence-corrected chi connectivity index (χ4v) is 2.79. The molecule has 0 spiro atoms. The molecule has 0 N–H and O–H groups in total. The van der Waals surface area contributed by atoms with Crippen LogP contribution in [0, 0.1) is 0 Å². The molecular formula is C16H15NO2. The normalized spacial score (nSPS) is 25.5. The summed E-state index contributed by atoms with van der Waals surface area (Å²) in [6.45, 7) is 2.03. The van der Waals surface area contributed by atoms with Crippen molar-refractivity contribution in [2.75, 3.05) is 0 Å². The van der Waals surface area contributed by atoms with E-state index in [1.807, 2.05) is 49.4 Å². The Bertz CT molecular complexity index is 582. The van der Waals surface area contributed by atoms with Crippen LogP contribution in [-0.2, 0) is 14.9 Å². The zero-order valence-corrected chi connectivity index (χ0v) is 10.7. The summed E-state index contributed by atoms with van der Waals surface area (Å²) in [5, 5.41) is 0. The Morgan fingerprint density at radius 3 is 2.42 bits per heavy atom. The van der Waals surface area contributed by atoms with E-state index in [1.165, 1.54) is 0 Å². The first kappa shape index (κ1) is 11.9. The van der Waals surface area contributed by atoms with Crippen molar-refractivity contribution in [3.63, 3.8) is 0 Å². The number of carbonyl (C=O) groups is 1. The van der Waals surface area contributed by atoms with Gasteiger partial charge in [-0.2, -0.15) is 0 Å². The van der Waals surface area contributed by atoms with Gasteiger partial charge in [0.15, 0.2) is 0 Å². The molecule has 3 nitrogen and oxygen atoms in total. The van der Waals surface area contributed by atoms with E-state index in [2.05, 4.69) is 4.98 Å². The minimum atomic E-state index is -0.553. The minimum absolute atomic E-state index is 0.136. The van der Waals surface area contributed by atoms with Gasteiger partial charge in [0.05, 0.1) is 0 Å². The lowest BCUT2D eigenvalue weighted by molar-refractivity contribution is -0.193. The fraction of sp³-hybridized carbons (Fsp3) is 0.250. The molecule has 0 saturated carbocycles. The Kier molecular flexibility index (Phi) is 2.82. The summed E-state index contributed by atoms with van der Waals surface area (Å²) in [7, 11) is 0. The van der Waals surface area contributed by atoms with Gasteiger partial charge in [-0.15, -0.1) is 0 Å². The van der Waals surface area contributed by atoms with Crippen molar-refractivity contribution in [3.8, 4) is 0 Å². The van der Waals surface area contributed by atoms with Gasteiger partial charge in [-0.3, -0.25) is 9.78 Å². The van der Waals surface area contributed by atoms with Crippen LogP contribution < -0.4 is 0 Å². The molecule has 19 heavy (non-hydrogen) atoms. The third-order valence-electron chi connectivity index (χ3n) is 3.89. The Morgan fingerprint density at radius 2 is 1.84 bits per heavy atom. The molecule has 2 aromatic rings. The topological polar surface area (TPSA) is 39.2 Å². The smallest absolute Gasteiger partial charge is 0.321 e. The van der Waals surface area contributed by atoms with Crippen molar-refractivity contribution < 1.29 is 9.53 Å². The number of ether oxygens (including phenoxy) is 1. The molecule has 0 aliphatic carbocycles. The molecular weight excluding hydrogens is 238 g/mol. The Balaban J connectivity index is 2.07. The van der Waals surface area contributed by atoms with Crippen LogP contribution in [0.25, 0.3) is 0 Å². The molecule has 1 aliphatic heterocycles. The highest BCUT2D eigenvalue weighted by Gasteiger charge is 2.58. The zero-order valence-electron chi connectivity index (χ0n) is 10.7. The number of hydrogen-bond donors (Lipinski definition) is 0. The van der Waals surface area contributed by atoms with Gasteiger partial charge in [-0.1, -0.05) is 37.3 Å². The van der Waals surface area contributed by atoms with Gasteiger partial charge in [0, 0.05) is 12.4 Å². The van der Waals surface area contributed by atoms with Crippen LogP contribution in [0.3, 0.4) is 0 Å². The number of aromatic nitrogens is 1. The SMILES string of the molecule is CC[C@@]1(c2ccccc2)C(=O)O[C@H]1c1ccncc1. The summed E-state index contributed by atoms with van der Waals surface area (Å²) in [4.78, 5) is 16.1. The number of cyclic esters (lactones) is 1. The molecule has 2 heterocycles. The second-order valence-corrected chi connectivity index (χ2v) is 4.76. The first-order chi connectivity index (χ1) is 9.29.